The molecule has 34 heavy (non-hydrogen) atoms. The van der Waals surface area contributed by atoms with E-state index in [2.05, 4.69) is 9.97 Å². The first-order valence-corrected chi connectivity index (χ1v) is 13.3. The summed E-state index contributed by atoms with van der Waals surface area (Å²) in [6.45, 7) is 1.96. The molecule has 6 nitrogen and oxygen atoms in total. The number of thiazole rings is 1. The van der Waals surface area contributed by atoms with Gasteiger partial charge in [0.15, 0.2) is 5.13 Å². The van der Waals surface area contributed by atoms with Gasteiger partial charge >= 0.3 is 0 Å². The van der Waals surface area contributed by atoms with Crippen molar-refractivity contribution in [2.75, 3.05) is 12.0 Å². The predicted molar refractivity (Wildman–Crippen MR) is 138 cm³/mol. The molecule has 1 aliphatic carbocycles. The zero-order valence-electron chi connectivity index (χ0n) is 19.3. The normalized spacial score (nSPS) is 14.4. The molecule has 8 heteroatoms. The molecule has 3 heterocycles. The Kier molecular flexibility index (Phi) is 6.52. The van der Waals surface area contributed by atoms with Crippen LogP contribution in [0.2, 0.25) is 0 Å². The summed E-state index contributed by atoms with van der Waals surface area (Å²) in [6, 6.07) is 7.59. The summed E-state index contributed by atoms with van der Waals surface area (Å²) in [5.74, 6) is 0.445. The van der Waals surface area contributed by atoms with Crippen molar-refractivity contribution >= 4 is 50.4 Å². The van der Waals surface area contributed by atoms with E-state index in [4.69, 9.17) is 4.74 Å². The van der Waals surface area contributed by atoms with Crippen LogP contribution in [0.3, 0.4) is 0 Å². The molecule has 0 bridgehead atoms. The number of carbonyl (C=O) groups excluding carboxylic acids is 2. The molecule has 4 aromatic rings. The maximum atomic E-state index is 13.8. The monoisotopic (exact) mass is 493 g/mol. The average Bonchev–Trinajstić information content (AvgIpc) is 3.62. The Hall–Kier alpha value is -2.97. The zero-order chi connectivity index (χ0) is 23.7. The number of ether oxygens (including phenoxy) is 1. The first-order valence-electron chi connectivity index (χ1n) is 11.6. The van der Waals surface area contributed by atoms with Gasteiger partial charge in [0, 0.05) is 34.2 Å². The Labute approximate surface area is 206 Å². The molecular formula is C26H27N3O3S2. The van der Waals surface area contributed by atoms with Gasteiger partial charge < -0.3 is 9.72 Å². The summed E-state index contributed by atoms with van der Waals surface area (Å²) >= 11 is 2.90. The Morgan fingerprint density at radius 1 is 1.15 bits per heavy atom. The summed E-state index contributed by atoms with van der Waals surface area (Å²) in [7, 11) is 1.57. The molecule has 0 atom stereocenters. The number of hydrogen-bond acceptors (Lipinski definition) is 6. The van der Waals surface area contributed by atoms with Gasteiger partial charge in [0.05, 0.1) is 24.0 Å². The fourth-order valence-electron chi connectivity index (χ4n) is 4.99. The fraction of sp³-hybridized carbons (Fsp3) is 0.346. The largest absolute Gasteiger partial charge is 0.496 e. The molecule has 1 fully saturated rings. The number of nitrogens with one attached hydrogen (secondary N) is 1. The van der Waals surface area contributed by atoms with E-state index in [1.807, 2.05) is 46.8 Å². The number of aromatic nitrogens is 2. The Balaban J connectivity index is 1.59. The molecule has 0 radical (unpaired) electrons. The number of H-pyrrole nitrogens is 1. The van der Waals surface area contributed by atoms with E-state index in [9.17, 15) is 9.59 Å². The van der Waals surface area contributed by atoms with Crippen molar-refractivity contribution in [2.24, 2.45) is 0 Å². The van der Waals surface area contributed by atoms with Crippen LogP contribution in [-0.2, 0) is 11.2 Å². The first kappa shape index (κ1) is 22.8. The van der Waals surface area contributed by atoms with Crippen LogP contribution in [0.25, 0.3) is 10.9 Å². The maximum Gasteiger partial charge on any atom is 0.233 e. The van der Waals surface area contributed by atoms with Crippen molar-refractivity contribution in [3.63, 3.8) is 0 Å². The second-order valence-corrected chi connectivity index (χ2v) is 10.5. The van der Waals surface area contributed by atoms with Gasteiger partial charge in [-0.2, -0.15) is 0 Å². The maximum absolute atomic E-state index is 13.8. The van der Waals surface area contributed by atoms with Gasteiger partial charge in [-0.05, 0) is 48.9 Å². The molecule has 1 aliphatic rings. The van der Waals surface area contributed by atoms with Crippen molar-refractivity contribution in [1.82, 2.24) is 9.97 Å². The van der Waals surface area contributed by atoms with E-state index in [1.165, 1.54) is 29.1 Å². The van der Waals surface area contributed by atoms with Gasteiger partial charge in [-0.25, -0.2) is 4.98 Å². The highest BCUT2D eigenvalue weighted by atomic mass is 32.1. The van der Waals surface area contributed by atoms with Crippen LogP contribution in [0.1, 0.15) is 58.6 Å². The van der Waals surface area contributed by atoms with E-state index in [-0.39, 0.29) is 24.2 Å². The number of benzene rings is 1. The molecule has 0 spiro atoms. The molecule has 0 saturated heterocycles. The quantitative estimate of drug-likeness (QED) is 0.314. The third-order valence-electron chi connectivity index (χ3n) is 6.60. The molecule has 3 aromatic heterocycles. The molecule has 1 aromatic carbocycles. The van der Waals surface area contributed by atoms with Crippen LogP contribution in [-0.4, -0.2) is 34.8 Å². The van der Waals surface area contributed by atoms with Crippen LogP contribution >= 0.6 is 22.7 Å². The molecule has 0 aliphatic heterocycles. The summed E-state index contributed by atoms with van der Waals surface area (Å²) in [6.07, 6.45) is 7.40. The molecule has 0 unspecified atom stereocenters. The second kappa shape index (κ2) is 9.72. The molecular weight excluding hydrogens is 466 g/mol. The minimum Gasteiger partial charge on any atom is -0.496 e. The number of aryl methyl sites for hydroxylation is 1. The van der Waals surface area contributed by atoms with E-state index in [0.29, 0.717) is 16.2 Å². The SMILES string of the molecule is COc1ccc2[nH]c(C)c(CC(=O)N(c3nccs3)C3CCCCC3)c2c1C(=O)c1cccs1. The van der Waals surface area contributed by atoms with Crippen LogP contribution in [0.4, 0.5) is 5.13 Å². The van der Waals surface area contributed by atoms with Gasteiger partial charge in [0.1, 0.15) is 5.75 Å². The van der Waals surface area contributed by atoms with Gasteiger partial charge in [-0.1, -0.05) is 25.3 Å². The van der Waals surface area contributed by atoms with E-state index >= 15 is 0 Å². The van der Waals surface area contributed by atoms with Gasteiger partial charge in [-0.15, -0.1) is 22.7 Å². The highest BCUT2D eigenvalue weighted by Crippen LogP contribution is 2.36. The Morgan fingerprint density at radius 2 is 1.97 bits per heavy atom. The number of carbonyl (C=O) groups is 2. The number of fused-ring (bicyclic) bond motifs is 1. The molecule has 1 saturated carbocycles. The molecule has 5 rings (SSSR count). The lowest BCUT2D eigenvalue weighted by Gasteiger charge is -2.32. The lowest BCUT2D eigenvalue weighted by Crippen LogP contribution is -2.42. The van der Waals surface area contributed by atoms with E-state index < -0.39 is 0 Å². The molecule has 1 amide bonds. The van der Waals surface area contributed by atoms with E-state index in [0.717, 1.165) is 53.0 Å². The van der Waals surface area contributed by atoms with Crippen molar-refractivity contribution in [1.29, 1.82) is 0 Å². The van der Waals surface area contributed by atoms with Crippen molar-refractivity contribution in [3.8, 4) is 5.75 Å². The van der Waals surface area contributed by atoms with Gasteiger partial charge in [0.2, 0.25) is 11.7 Å². The Morgan fingerprint density at radius 3 is 2.65 bits per heavy atom. The number of hydrogen-bond donors (Lipinski definition) is 1. The van der Waals surface area contributed by atoms with E-state index in [1.54, 1.807) is 13.3 Å². The van der Waals surface area contributed by atoms with Crippen LogP contribution in [0.15, 0.2) is 41.2 Å². The molecule has 176 valence electrons. The van der Waals surface area contributed by atoms with Crippen molar-refractivity contribution in [2.45, 2.75) is 51.5 Å². The lowest BCUT2D eigenvalue weighted by atomic mass is 9.93. The number of thiophene rings is 1. The number of nitrogens with zero attached hydrogens (tertiary/aromatic N) is 2. The topological polar surface area (TPSA) is 75.3 Å². The summed E-state index contributed by atoms with van der Waals surface area (Å²) in [4.78, 5) is 37.8. The third-order valence-corrected chi connectivity index (χ3v) is 8.24. The number of ketones is 1. The van der Waals surface area contributed by atoms with Crippen LogP contribution in [0, 0.1) is 6.92 Å². The molecule has 1 N–H and O–H groups in total. The van der Waals surface area contributed by atoms with Crippen molar-refractivity contribution < 1.29 is 14.3 Å². The minimum atomic E-state index is -0.0887. The lowest BCUT2D eigenvalue weighted by molar-refractivity contribution is -0.118. The second-order valence-electron chi connectivity index (χ2n) is 8.65. The van der Waals surface area contributed by atoms with Gasteiger partial charge in [0.25, 0.3) is 0 Å². The predicted octanol–water partition coefficient (Wildman–Crippen LogP) is 6.14. The number of anilines is 1. The average molecular weight is 494 g/mol. The number of amides is 1. The number of rotatable bonds is 7. The highest BCUT2D eigenvalue weighted by molar-refractivity contribution is 7.13. The first-order chi connectivity index (χ1) is 16.6. The van der Waals surface area contributed by atoms with Crippen molar-refractivity contribution in [3.05, 3.63) is 62.9 Å². The third kappa shape index (κ3) is 4.16. The minimum absolute atomic E-state index is 0.0168. The number of aromatic amines is 1. The number of methoxy groups -OCH3 is 1. The smallest absolute Gasteiger partial charge is 0.233 e. The summed E-state index contributed by atoms with van der Waals surface area (Å²) in [5.41, 5.74) is 3.07. The summed E-state index contributed by atoms with van der Waals surface area (Å²) < 4.78 is 5.61. The van der Waals surface area contributed by atoms with Gasteiger partial charge in [-0.3, -0.25) is 14.5 Å². The Bertz CT molecular complexity index is 1300. The highest BCUT2D eigenvalue weighted by Gasteiger charge is 2.31. The standard InChI is InChI=1S/C26H27N3O3S2/c1-16-18(15-22(30)29(26-27-12-14-34-26)17-7-4-3-5-8-17)23-19(28-16)10-11-20(32-2)24(23)25(31)21-9-6-13-33-21/h6,9-14,17,28H,3-5,7-8,15H2,1-2H3. The zero-order valence-corrected chi connectivity index (χ0v) is 20.9. The summed E-state index contributed by atoms with van der Waals surface area (Å²) in [5, 5.41) is 5.33. The van der Waals surface area contributed by atoms with Crippen LogP contribution in [0.5, 0.6) is 5.75 Å². The fourth-order valence-corrected chi connectivity index (χ4v) is 6.39. The van der Waals surface area contributed by atoms with Crippen LogP contribution < -0.4 is 9.64 Å².